The summed E-state index contributed by atoms with van der Waals surface area (Å²) in [6.45, 7) is 5.93. The first kappa shape index (κ1) is 10.4. The van der Waals surface area contributed by atoms with Crippen molar-refractivity contribution >= 4 is 21.6 Å². The van der Waals surface area contributed by atoms with E-state index in [1.54, 1.807) is 0 Å². The molecule has 0 bridgehead atoms. The summed E-state index contributed by atoms with van der Waals surface area (Å²) in [6, 6.07) is 3.83. The normalized spacial score (nSPS) is 10.5. The zero-order valence-electron chi connectivity index (χ0n) is 8.10. The van der Waals surface area contributed by atoms with Gasteiger partial charge in [-0.25, -0.2) is 0 Å². The first-order valence-corrected chi connectivity index (χ1v) is 5.03. The number of halogens is 1. The van der Waals surface area contributed by atoms with Crippen LogP contribution in [0.4, 0.5) is 5.69 Å². The minimum Gasteiger partial charge on any atom is -0.489 e. The van der Waals surface area contributed by atoms with Crippen molar-refractivity contribution in [3.63, 3.8) is 0 Å². The lowest BCUT2D eigenvalue weighted by molar-refractivity contribution is 0.243. The average molecular weight is 244 g/mol. The van der Waals surface area contributed by atoms with Crippen LogP contribution in [0, 0.1) is 6.92 Å². The molecule has 1 aromatic rings. The van der Waals surface area contributed by atoms with Gasteiger partial charge < -0.3 is 10.5 Å². The molecular formula is C10H14BrNO. The summed E-state index contributed by atoms with van der Waals surface area (Å²) in [6.07, 6.45) is 0.155. The van der Waals surface area contributed by atoms with E-state index in [0.717, 1.165) is 15.8 Å². The van der Waals surface area contributed by atoms with Crippen LogP contribution >= 0.6 is 15.9 Å². The number of nitrogens with two attached hydrogens (primary N) is 1. The second kappa shape index (κ2) is 4.01. The van der Waals surface area contributed by atoms with E-state index in [1.165, 1.54) is 0 Å². The molecule has 0 saturated carbocycles. The molecule has 0 radical (unpaired) electrons. The molecule has 2 nitrogen and oxygen atoms in total. The fourth-order valence-electron chi connectivity index (χ4n) is 1.03. The predicted octanol–water partition coefficient (Wildman–Crippen LogP) is 3.13. The van der Waals surface area contributed by atoms with Crippen LogP contribution in [0.25, 0.3) is 0 Å². The van der Waals surface area contributed by atoms with Gasteiger partial charge in [-0.3, -0.25) is 0 Å². The number of benzene rings is 1. The molecule has 1 rings (SSSR count). The molecule has 0 heterocycles. The Bertz CT molecular complexity index is 310. The topological polar surface area (TPSA) is 35.2 Å². The zero-order chi connectivity index (χ0) is 10.0. The summed E-state index contributed by atoms with van der Waals surface area (Å²) in [7, 11) is 0. The van der Waals surface area contributed by atoms with Crippen LogP contribution in [0.3, 0.4) is 0 Å². The molecule has 1 aromatic carbocycles. The number of nitrogen functional groups attached to an aromatic ring is 1. The third-order valence-electron chi connectivity index (χ3n) is 1.77. The molecule has 0 aliphatic carbocycles. The van der Waals surface area contributed by atoms with Crippen molar-refractivity contribution in [1.29, 1.82) is 0 Å². The molecule has 2 N–H and O–H groups in total. The molecule has 0 fully saturated rings. The molecule has 0 amide bonds. The van der Waals surface area contributed by atoms with Crippen molar-refractivity contribution in [3.05, 3.63) is 22.2 Å². The molecule has 0 aromatic heterocycles. The Morgan fingerprint density at radius 3 is 2.54 bits per heavy atom. The van der Waals surface area contributed by atoms with E-state index in [-0.39, 0.29) is 6.10 Å². The largest absolute Gasteiger partial charge is 0.489 e. The van der Waals surface area contributed by atoms with Crippen molar-refractivity contribution < 1.29 is 4.74 Å². The number of rotatable bonds is 2. The molecule has 72 valence electrons. The van der Waals surface area contributed by atoms with Crippen LogP contribution in [0.5, 0.6) is 5.75 Å². The quantitative estimate of drug-likeness (QED) is 0.811. The maximum absolute atomic E-state index is 5.88. The SMILES string of the molecule is Cc1c(Br)ccc(OC(C)C)c1N. The van der Waals surface area contributed by atoms with Crippen molar-refractivity contribution in [2.75, 3.05) is 5.73 Å². The standard InChI is InChI=1S/C10H14BrNO/c1-6(2)13-9-5-4-8(11)7(3)10(9)12/h4-6H,12H2,1-3H3. The summed E-state index contributed by atoms with van der Waals surface area (Å²) in [5.41, 5.74) is 7.61. The first-order chi connectivity index (χ1) is 6.02. The highest BCUT2D eigenvalue weighted by Crippen LogP contribution is 2.31. The summed E-state index contributed by atoms with van der Waals surface area (Å²) in [4.78, 5) is 0. The second-order valence-electron chi connectivity index (χ2n) is 3.25. The molecular weight excluding hydrogens is 230 g/mol. The van der Waals surface area contributed by atoms with E-state index in [1.807, 2.05) is 32.9 Å². The summed E-state index contributed by atoms with van der Waals surface area (Å²) in [5, 5.41) is 0. The van der Waals surface area contributed by atoms with Crippen molar-refractivity contribution in [2.45, 2.75) is 26.9 Å². The minimum absolute atomic E-state index is 0.155. The minimum atomic E-state index is 0.155. The Morgan fingerprint density at radius 1 is 1.38 bits per heavy atom. The fraction of sp³-hybridized carbons (Fsp3) is 0.400. The molecule has 0 aliphatic rings. The van der Waals surface area contributed by atoms with Gasteiger partial charge in [-0.2, -0.15) is 0 Å². The molecule has 0 saturated heterocycles. The van der Waals surface area contributed by atoms with Gasteiger partial charge in [0.1, 0.15) is 5.75 Å². The van der Waals surface area contributed by atoms with E-state index in [4.69, 9.17) is 10.5 Å². The highest BCUT2D eigenvalue weighted by molar-refractivity contribution is 9.10. The summed E-state index contributed by atoms with van der Waals surface area (Å²) >= 11 is 3.41. The fourth-order valence-corrected chi connectivity index (χ4v) is 1.38. The highest BCUT2D eigenvalue weighted by atomic mass is 79.9. The van der Waals surface area contributed by atoms with Gasteiger partial charge in [-0.1, -0.05) is 15.9 Å². The van der Waals surface area contributed by atoms with Gasteiger partial charge in [0, 0.05) is 4.47 Å². The summed E-state index contributed by atoms with van der Waals surface area (Å²) in [5.74, 6) is 0.760. The Balaban J connectivity index is 3.04. The monoisotopic (exact) mass is 243 g/mol. The lowest BCUT2D eigenvalue weighted by Gasteiger charge is -2.14. The van der Waals surface area contributed by atoms with Crippen molar-refractivity contribution in [2.24, 2.45) is 0 Å². The summed E-state index contributed by atoms with van der Waals surface area (Å²) < 4.78 is 6.55. The van der Waals surface area contributed by atoms with Crippen LogP contribution in [0.15, 0.2) is 16.6 Å². The zero-order valence-corrected chi connectivity index (χ0v) is 9.68. The highest BCUT2D eigenvalue weighted by Gasteiger charge is 2.07. The van der Waals surface area contributed by atoms with E-state index in [0.29, 0.717) is 5.69 Å². The maximum atomic E-state index is 5.88. The lowest BCUT2D eigenvalue weighted by Crippen LogP contribution is -2.08. The van der Waals surface area contributed by atoms with Crippen LogP contribution in [-0.4, -0.2) is 6.10 Å². The first-order valence-electron chi connectivity index (χ1n) is 4.23. The Morgan fingerprint density at radius 2 is 2.00 bits per heavy atom. The van der Waals surface area contributed by atoms with E-state index in [9.17, 15) is 0 Å². The predicted molar refractivity (Wildman–Crippen MR) is 59.1 cm³/mol. The third kappa shape index (κ3) is 2.37. The lowest BCUT2D eigenvalue weighted by atomic mass is 10.2. The van der Waals surface area contributed by atoms with Gasteiger partial charge in [0.05, 0.1) is 11.8 Å². The maximum Gasteiger partial charge on any atom is 0.142 e. The van der Waals surface area contributed by atoms with Crippen molar-refractivity contribution in [1.82, 2.24) is 0 Å². The smallest absolute Gasteiger partial charge is 0.142 e. The second-order valence-corrected chi connectivity index (χ2v) is 4.11. The number of hydrogen-bond donors (Lipinski definition) is 1. The van der Waals surface area contributed by atoms with E-state index >= 15 is 0 Å². The van der Waals surface area contributed by atoms with Gasteiger partial charge in [0.2, 0.25) is 0 Å². The third-order valence-corrected chi connectivity index (χ3v) is 2.63. The van der Waals surface area contributed by atoms with Crippen LogP contribution in [-0.2, 0) is 0 Å². The van der Waals surface area contributed by atoms with Gasteiger partial charge in [0.15, 0.2) is 0 Å². The molecule has 0 atom stereocenters. The number of anilines is 1. The number of hydrogen-bond acceptors (Lipinski definition) is 2. The Hall–Kier alpha value is -0.700. The molecule has 0 aliphatic heterocycles. The molecule has 3 heteroatoms. The van der Waals surface area contributed by atoms with E-state index < -0.39 is 0 Å². The Kier molecular flexibility index (Phi) is 3.20. The average Bonchev–Trinajstić information content (AvgIpc) is 2.06. The molecule has 0 spiro atoms. The van der Waals surface area contributed by atoms with Gasteiger partial charge >= 0.3 is 0 Å². The molecule has 13 heavy (non-hydrogen) atoms. The van der Waals surface area contributed by atoms with Crippen LogP contribution in [0.2, 0.25) is 0 Å². The number of ether oxygens (including phenoxy) is 1. The van der Waals surface area contributed by atoms with Crippen molar-refractivity contribution in [3.8, 4) is 5.75 Å². The Labute approximate surface area is 87.2 Å². The van der Waals surface area contributed by atoms with Gasteiger partial charge in [-0.15, -0.1) is 0 Å². The van der Waals surface area contributed by atoms with Crippen LogP contribution in [0.1, 0.15) is 19.4 Å². The van der Waals surface area contributed by atoms with Crippen LogP contribution < -0.4 is 10.5 Å². The molecule has 0 unspecified atom stereocenters. The van der Waals surface area contributed by atoms with Gasteiger partial charge in [-0.05, 0) is 38.5 Å². The van der Waals surface area contributed by atoms with Gasteiger partial charge in [0.25, 0.3) is 0 Å². The van der Waals surface area contributed by atoms with E-state index in [2.05, 4.69) is 15.9 Å².